The standard InChI is InChI=1S/C15H26N2O2/c1-5-8-16-13(4)15-7-6-14(11-17-15)19-10-9-18-12(2)3/h6-7,11-13,16H,5,8-10H2,1-4H3. The first-order valence-corrected chi connectivity index (χ1v) is 7.07. The molecule has 0 aliphatic heterocycles. The molecule has 0 aliphatic carbocycles. The summed E-state index contributed by atoms with van der Waals surface area (Å²) in [6.45, 7) is 10.5. The van der Waals surface area contributed by atoms with Crippen LogP contribution >= 0.6 is 0 Å². The van der Waals surface area contributed by atoms with Crippen molar-refractivity contribution in [1.82, 2.24) is 10.3 Å². The third-order valence-corrected chi connectivity index (χ3v) is 2.71. The molecule has 0 radical (unpaired) electrons. The van der Waals surface area contributed by atoms with Crippen LogP contribution < -0.4 is 10.1 Å². The van der Waals surface area contributed by atoms with Gasteiger partial charge in [0.15, 0.2) is 0 Å². The zero-order valence-corrected chi connectivity index (χ0v) is 12.5. The van der Waals surface area contributed by atoms with Gasteiger partial charge >= 0.3 is 0 Å². The highest BCUT2D eigenvalue weighted by molar-refractivity contribution is 5.21. The number of hydrogen-bond donors (Lipinski definition) is 1. The first kappa shape index (κ1) is 15.9. The average molecular weight is 266 g/mol. The van der Waals surface area contributed by atoms with Gasteiger partial charge in [-0.15, -0.1) is 0 Å². The number of ether oxygens (including phenoxy) is 2. The van der Waals surface area contributed by atoms with Crippen molar-refractivity contribution in [3.63, 3.8) is 0 Å². The van der Waals surface area contributed by atoms with Crippen molar-refractivity contribution in [3.8, 4) is 5.75 Å². The molecule has 1 N–H and O–H groups in total. The summed E-state index contributed by atoms with van der Waals surface area (Å²) >= 11 is 0. The van der Waals surface area contributed by atoms with Crippen molar-refractivity contribution >= 4 is 0 Å². The van der Waals surface area contributed by atoms with Crippen LogP contribution in [0.15, 0.2) is 18.3 Å². The molecular weight excluding hydrogens is 240 g/mol. The summed E-state index contributed by atoms with van der Waals surface area (Å²) in [4.78, 5) is 4.42. The van der Waals surface area contributed by atoms with Gasteiger partial charge in [-0.1, -0.05) is 6.92 Å². The van der Waals surface area contributed by atoms with Gasteiger partial charge in [0.1, 0.15) is 12.4 Å². The molecule has 1 atom stereocenters. The monoisotopic (exact) mass is 266 g/mol. The van der Waals surface area contributed by atoms with Gasteiger partial charge in [0.25, 0.3) is 0 Å². The zero-order valence-electron chi connectivity index (χ0n) is 12.5. The van der Waals surface area contributed by atoms with Crippen LogP contribution in [0.1, 0.15) is 45.9 Å². The normalized spacial score (nSPS) is 12.7. The van der Waals surface area contributed by atoms with Gasteiger partial charge < -0.3 is 14.8 Å². The Kier molecular flexibility index (Phi) is 7.45. The molecule has 0 bridgehead atoms. The molecule has 1 heterocycles. The molecule has 1 unspecified atom stereocenters. The second-order valence-corrected chi connectivity index (χ2v) is 4.86. The summed E-state index contributed by atoms with van der Waals surface area (Å²) < 4.78 is 11.0. The summed E-state index contributed by atoms with van der Waals surface area (Å²) in [5.41, 5.74) is 1.04. The molecule has 1 aromatic heterocycles. The number of hydrogen-bond acceptors (Lipinski definition) is 4. The van der Waals surface area contributed by atoms with Gasteiger partial charge in [-0.25, -0.2) is 0 Å². The smallest absolute Gasteiger partial charge is 0.137 e. The highest BCUT2D eigenvalue weighted by atomic mass is 16.5. The first-order chi connectivity index (χ1) is 9.13. The van der Waals surface area contributed by atoms with E-state index < -0.39 is 0 Å². The molecular formula is C15H26N2O2. The number of nitrogens with one attached hydrogen (secondary N) is 1. The average Bonchev–Trinajstić information content (AvgIpc) is 2.41. The van der Waals surface area contributed by atoms with Crippen molar-refractivity contribution in [2.45, 2.75) is 46.3 Å². The molecule has 0 aromatic carbocycles. The maximum Gasteiger partial charge on any atom is 0.137 e. The van der Waals surface area contributed by atoms with Crippen molar-refractivity contribution in [2.24, 2.45) is 0 Å². The molecule has 0 amide bonds. The number of pyridine rings is 1. The first-order valence-electron chi connectivity index (χ1n) is 7.07. The van der Waals surface area contributed by atoms with E-state index in [0.29, 0.717) is 13.2 Å². The van der Waals surface area contributed by atoms with Crippen molar-refractivity contribution in [2.75, 3.05) is 19.8 Å². The molecule has 4 heteroatoms. The fraction of sp³-hybridized carbons (Fsp3) is 0.667. The Morgan fingerprint density at radius 1 is 1.21 bits per heavy atom. The summed E-state index contributed by atoms with van der Waals surface area (Å²) in [6, 6.07) is 4.24. The van der Waals surface area contributed by atoms with Crippen LogP contribution in [0, 0.1) is 0 Å². The van der Waals surface area contributed by atoms with E-state index in [-0.39, 0.29) is 12.1 Å². The van der Waals surface area contributed by atoms with Crippen LogP contribution in [0.25, 0.3) is 0 Å². The minimum absolute atomic E-state index is 0.245. The van der Waals surface area contributed by atoms with E-state index in [2.05, 4.69) is 24.1 Å². The molecule has 0 spiro atoms. The molecule has 19 heavy (non-hydrogen) atoms. The summed E-state index contributed by atoms with van der Waals surface area (Å²) in [6.07, 6.45) is 3.14. The topological polar surface area (TPSA) is 43.4 Å². The largest absolute Gasteiger partial charge is 0.490 e. The van der Waals surface area contributed by atoms with Gasteiger partial charge in [0, 0.05) is 6.04 Å². The molecule has 0 aliphatic rings. The van der Waals surface area contributed by atoms with E-state index in [0.717, 1.165) is 24.4 Å². The Morgan fingerprint density at radius 2 is 2.00 bits per heavy atom. The lowest BCUT2D eigenvalue weighted by molar-refractivity contribution is 0.0552. The second-order valence-electron chi connectivity index (χ2n) is 4.86. The molecule has 4 nitrogen and oxygen atoms in total. The Labute approximate surface area is 116 Å². The minimum Gasteiger partial charge on any atom is -0.490 e. The van der Waals surface area contributed by atoms with Crippen LogP contribution in [-0.2, 0) is 4.74 Å². The molecule has 0 saturated carbocycles. The van der Waals surface area contributed by atoms with E-state index in [4.69, 9.17) is 9.47 Å². The zero-order chi connectivity index (χ0) is 14.1. The highest BCUT2D eigenvalue weighted by Gasteiger charge is 2.05. The highest BCUT2D eigenvalue weighted by Crippen LogP contribution is 2.14. The van der Waals surface area contributed by atoms with Gasteiger partial charge in [-0.2, -0.15) is 0 Å². The van der Waals surface area contributed by atoms with Crippen LogP contribution in [0.3, 0.4) is 0 Å². The molecule has 1 aromatic rings. The molecule has 108 valence electrons. The molecule has 0 fully saturated rings. The van der Waals surface area contributed by atoms with Crippen molar-refractivity contribution < 1.29 is 9.47 Å². The number of aromatic nitrogens is 1. The lowest BCUT2D eigenvalue weighted by Crippen LogP contribution is -2.20. The van der Waals surface area contributed by atoms with E-state index in [1.165, 1.54) is 0 Å². The van der Waals surface area contributed by atoms with Crippen LogP contribution in [0.4, 0.5) is 0 Å². The lowest BCUT2D eigenvalue weighted by atomic mass is 10.2. The fourth-order valence-corrected chi connectivity index (χ4v) is 1.64. The van der Waals surface area contributed by atoms with Crippen LogP contribution in [-0.4, -0.2) is 30.8 Å². The predicted molar refractivity (Wildman–Crippen MR) is 77.5 cm³/mol. The SMILES string of the molecule is CCCNC(C)c1ccc(OCCOC(C)C)cn1. The van der Waals surface area contributed by atoms with E-state index in [1.54, 1.807) is 6.20 Å². The predicted octanol–water partition coefficient (Wildman–Crippen LogP) is 2.95. The fourth-order valence-electron chi connectivity index (χ4n) is 1.64. The van der Waals surface area contributed by atoms with Gasteiger partial charge in [-0.05, 0) is 45.9 Å². The quantitative estimate of drug-likeness (QED) is 0.698. The van der Waals surface area contributed by atoms with Crippen LogP contribution in [0.5, 0.6) is 5.75 Å². The van der Waals surface area contributed by atoms with Gasteiger partial charge in [-0.3, -0.25) is 4.98 Å². The van der Waals surface area contributed by atoms with Crippen molar-refractivity contribution in [1.29, 1.82) is 0 Å². The molecule has 0 saturated heterocycles. The Balaban J connectivity index is 2.34. The maximum absolute atomic E-state index is 5.56. The summed E-state index contributed by atoms with van der Waals surface area (Å²) in [5.74, 6) is 0.791. The molecule has 1 rings (SSSR count). The third kappa shape index (κ3) is 6.55. The number of rotatable bonds is 9. The third-order valence-electron chi connectivity index (χ3n) is 2.71. The van der Waals surface area contributed by atoms with E-state index in [9.17, 15) is 0 Å². The van der Waals surface area contributed by atoms with E-state index in [1.807, 2.05) is 26.0 Å². The van der Waals surface area contributed by atoms with Gasteiger partial charge in [0.2, 0.25) is 0 Å². The second kappa shape index (κ2) is 8.88. The maximum atomic E-state index is 5.56. The van der Waals surface area contributed by atoms with Crippen LogP contribution in [0.2, 0.25) is 0 Å². The summed E-state index contributed by atoms with van der Waals surface area (Å²) in [5, 5.41) is 3.41. The van der Waals surface area contributed by atoms with Crippen molar-refractivity contribution in [3.05, 3.63) is 24.0 Å². The Hall–Kier alpha value is -1.13. The minimum atomic E-state index is 0.245. The summed E-state index contributed by atoms with van der Waals surface area (Å²) in [7, 11) is 0. The Bertz CT molecular complexity index is 339. The lowest BCUT2D eigenvalue weighted by Gasteiger charge is -2.13. The van der Waals surface area contributed by atoms with E-state index >= 15 is 0 Å². The van der Waals surface area contributed by atoms with Gasteiger partial charge in [0.05, 0.1) is 24.6 Å². The number of nitrogens with zero attached hydrogens (tertiary/aromatic N) is 1. The Morgan fingerprint density at radius 3 is 2.58 bits per heavy atom.